The molecular weight excluding hydrogens is 447 g/mol. The molecule has 0 spiro atoms. The van der Waals surface area contributed by atoms with E-state index in [0.29, 0.717) is 37.5 Å². The Kier molecular flexibility index (Phi) is 5.89. The number of rotatable bonds is 5. The van der Waals surface area contributed by atoms with Crippen LogP contribution in [0, 0.1) is 0 Å². The number of aromatic nitrogens is 3. The van der Waals surface area contributed by atoms with Gasteiger partial charge in [0.25, 0.3) is 5.91 Å². The van der Waals surface area contributed by atoms with Crippen LogP contribution in [0.2, 0.25) is 10.0 Å². The lowest BCUT2D eigenvalue weighted by molar-refractivity contribution is -0.119. The van der Waals surface area contributed by atoms with E-state index in [0.717, 1.165) is 0 Å². The molecule has 0 atom stereocenters. The summed E-state index contributed by atoms with van der Waals surface area (Å²) in [4.78, 5) is 37.2. The summed E-state index contributed by atoms with van der Waals surface area (Å²) in [5, 5.41) is 5.69. The number of nitrogens with one attached hydrogen (secondary N) is 1. The molecule has 0 saturated carbocycles. The first-order chi connectivity index (χ1) is 14.5. The number of halogens is 2. The van der Waals surface area contributed by atoms with Crippen LogP contribution in [-0.2, 0) is 9.53 Å². The molecule has 1 N–H and O–H groups in total. The van der Waals surface area contributed by atoms with E-state index < -0.39 is 18.5 Å². The number of amides is 1. The van der Waals surface area contributed by atoms with Crippen LogP contribution < -0.4 is 5.32 Å². The molecule has 0 unspecified atom stereocenters. The number of hydrogen-bond acceptors (Lipinski definition) is 7. The smallest absolute Gasteiger partial charge is 0.340 e. The van der Waals surface area contributed by atoms with Crippen LogP contribution in [0.4, 0.5) is 5.13 Å². The number of thiazole rings is 1. The lowest BCUT2D eigenvalue weighted by atomic mass is 10.2. The standard InChI is InChI=1S/C20H12Cl2N4O3S/c21-11-4-5-12(14(22)8-11)16-10-30-20(25-16)26-17(27)9-29-19(28)13-2-1-3-15-18(13)24-7-6-23-15/h1-8,10H,9H2,(H,25,26,27). The SMILES string of the molecule is O=C(COC(=O)c1cccc2nccnc12)Nc1nc(-c2ccc(Cl)cc2Cl)cs1. The quantitative estimate of drug-likeness (QED) is 0.429. The van der Waals surface area contributed by atoms with Crippen molar-refractivity contribution < 1.29 is 14.3 Å². The monoisotopic (exact) mass is 458 g/mol. The Morgan fingerprint density at radius 1 is 1.10 bits per heavy atom. The first kappa shape index (κ1) is 20.2. The van der Waals surface area contributed by atoms with Crippen molar-refractivity contribution in [2.75, 3.05) is 11.9 Å². The molecule has 2 aromatic carbocycles. The van der Waals surface area contributed by atoms with Crippen molar-refractivity contribution in [2.24, 2.45) is 0 Å². The lowest BCUT2D eigenvalue weighted by Crippen LogP contribution is -2.21. The number of carbonyl (C=O) groups is 2. The number of nitrogens with zero attached hydrogens (tertiary/aromatic N) is 3. The Bertz CT molecular complexity index is 1260. The van der Waals surface area contributed by atoms with Gasteiger partial charge in [-0.05, 0) is 30.3 Å². The summed E-state index contributed by atoms with van der Waals surface area (Å²) in [6.45, 7) is -0.466. The Morgan fingerprint density at radius 3 is 2.77 bits per heavy atom. The molecule has 0 aliphatic heterocycles. The molecule has 0 radical (unpaired) electrons. The van der Waals surface area contributed by atoms with Gasteiger partial charge in [-0.2, -0.15) is 0 Å². The number of para-hydroxylation sites is 1. The summed E-state index contributed by atoms with van der Waals surface area (Å²) < 4.78 is 5.12. The van der Waals surface area contributed by atoms with Crippen LogP contribution >= 0.6 is 34.5 Å². The number of esters is 1. The molecule has 0 bridgehead atoms. The summed E-state index contributed by atoms with van der Waals surface area (Å²) >= 11 is 13.3. The van der Waals surface area contributed by atoms with Crippen LogP contribution in [-0.4, -0.2) is 33.4 Å². The molecule has 10 heteroatoms. The van der Waals surface area contributed by atoms with Crippen molar-refractivity contribution in [2.45, 2.75) is 0 Å². The molecule has 30 heavy (non-hydrogen) atoms. The summed E-state index contributed by atoms with van der Waals surface area (Å²) in [5.41, 5.74) is 2.51. The first-order valence-electron chi connectivity index (χ1n) is 8.59. The van der Waals surface area contributed by atoms with Crippen LogP contribution in [0.5, 0.6) is 0 Å². The second kappa shape index (κ2) is 8.74. The minimum absolute atomic E-state index is 0.238. The molecule has 0 aliphatic carbocycles. The van der Waals surface area contributed by atoms with Gasteiger partial charge in [0.15, 0.2) is 11.7 Å². The molecule has 2 aromatic heterocycles. The van der Waals surface area contributed by atoms with Gasteiger partial charge in [-0.25, -0.2) is 9.78 Å². The maximum Gasteiger partial charge on any atom is 0.340 e. The number of fused-ring (bicyclic) bond motifs is 1. The van der Waals surface area contributed by atoms with Crippen molar-refractivity contribution in [1.29, 1.82) is 0 Å². The molecule has 4 rings (SSSR count). The Hall–Kier alpha value is -3.07. The van der Waals surface area contributed by atoms with Crippen molar-refractivity contribution in [3.63, 3.8) is 0 Å². The maximum atomic E-state index is 12.4. The van der Waals surface area contributed by atoms with E-state index in [1.165, 1.54) is 23.7 Å². The number of anilines is 1. The third kappa shape index (κ3) is 4.40. The highest BCUT2D eigenvalue weighted by Gasteiger charge is 2.16. The topological polar surface area (TPSA) is 94.1 Å². The highest BCUT2D eigenvalue weighted by atomic mass is 35.5. The highest BCUT2D eigenvalue weighted by Crippen LogP contribution is 2.32. The molecular formula is C20H12Cl2N4O3S. The number of carbonyl (C=O) groups excluding carboxylic acids is 2. The summed E-state index contributed by atoms with van der Waals surface area (Å²) in [7, 11) is 0. The van der Waals surface area contributed by atoms with Gasteiger partial charge in [-0.15, -0.1) is 11.3 Å². The molecule has 0 aliphatic rings. The van der Waals surface area contributed by atoms with Crippen LogP contribution in [0.15, 0.2) is 54.2 Å². The van der Waals surface area contributed by atoms with Crippen LogP contribution in [0.1, 0.15) is 10.4 Å². The number of ether oxygens (including phenoxy) is 1. The second-order valence-corrected chi connectivity index (χ2v) is 7.72. The summed E-state index contributed by atoms with van der Waals surface area (Å²) in [6, 6.07) is 10.1. The van der Waals surface area contributed by atoms with Crippen molar-refractivity contribution >= 4 is 62.6 Å². The van der Waals surface area contributed by atoms with Crippen molar-refractivity contribution in [3.05, 3.63) is 69.8 Å². The van der Waals surface area contributed by atoms with Gasteiger partial charge >= 0.3 is 5.97 Å². The van der Waals surface area contributed by atoms with E-state index in [9.17, 15) is 9.59 Å². The lowest BCUT2D eigenvalue weighted by Gasteiger charge is -2.06. The zero-order chi connectivity index (χ0) is 21.1. The summed E-state index contributed by atoms with van der Waals surface area (Å²) in [5.74, 6) is -1.18. The van der Waals surface area contributed by atoms with Gasteiger partial charge in [-0.1, -0.05) is 29.3 Å². The minimum atomic E-state index is -0.663. The predicted octanol–water partition coefficient (Wildman–Crippen LogP) is 4.86. The van der Waals surface area contributed by atoms with Gasteiger partial charge in [-0.3, -0.25) is 20.1 Å². The van der Waals surface area contributed by atoms with E-state index >= 15 is 0 Å². The molecule has 0 fully saturated rings. The van der Waals surface area contributed by atoms with Crippen LogP contribution in [0.25, 0.3) is 22.3 Å². The Morgan fingerprint density at radius 2 is 1.93 bits per heavy atom. The third-order valence-electron chi connectivity index (χ3n) is 4.01. The van der Waals surface area contributed by atoms with Gasteiger partial charge in [0.05, 0.1) is 21.8 Å². The Labute approximate surface area is 184 Å². The maximum absolute atomic E-state index is 12.4. The first-order valence-corrected chi connectivity index (χ1v) is 10.2. The zero-order valence-corrected chi connectivity index (χ0v) is 17.5. The van der Waals surface area contributed by atoms with E-state index in [-0.39, 0.29) is 5.56 Å². The van der Waals surface area contributed by atoms with Crippen LogP contribution in [0.3, 0.4) is 0 Å². The van der Waals surface area contributed by atoms with E-state index in [1.54, 1.807) is 41.8 Å². The third-order valence-corrected chi connectivity index (χ3v) is 5.32. The fraction of sp³-hybridized carbons (Fsp3) is 0.0500. The van der Waals surface area contributed by atoms with E-state index in [2.05, 4.69) is 20.3 Å². The average molecular weight is 459 g/mol. The van der Waals surface area contributed by atoms with Gasteiger partial charge in [0.2, 0.25) is 0 Å². The molecule has 150 valence electrons. The molecule has 2 heterocycles. The largest absolute Gasteiger partial charge is 0.452 e. The fourth-order valence-electron chi connectivity index (χ4n) is 2.67. The van der Waals surface area contributed by atoms with Gasteiger partial charge in [0.1, 0.15) is 5.52 Å². The number of benzene rings is 2. The second-order valence-electron chi connectivity index (χ2n) is 6.02. The minimum Gasteiger partial charge on any atom is -0.452 e. The zero-order valence-electron chi connectivity index (χ0n) is 15.1. The van der Waals surface area contributed by atoms with Gasteiger partial charge < -0.3 is 4.74 Å². The average Bonchev–Trinajstić information content (AvgIpc) is 3.19. The molecule has 0 saturated heterocycles. The fourth-order valence-corrected chi connectivity index (χ4v) is 3.91. The normalized spacial score (nSPS) is 10.7. The van der Waals surface area contributed by atoms with E-state index in [4.69, 9.17) is 27.9 Å². The molecule has 4 aromatic rings. The molecule has 1 amide bonds. The van der Waals surface area contributed by atoms with Crippen molar-refractivity contribution in [3.8, 4) is 11.3 Å². The van der Waals surface area contributed by atoms with E-state index in [1.807, 2.05) is 0 Å². The van der Waals surface area contributed by atoms with Gasteiger partial charge in [0, 0.05) is 28.4 Å². The van der Waals surface area contributed by atoms with Crippen molar-refractivity contribution in [1.82, 2.24) is 15.0 Å². The summed E-state index contributed by atoms with van der Waals surface area (Å²) in [6.07, 6.45) is 3.02. The Balaban J connectivity index is 1.39. The molecule has 7 nitrogen and oxygen atoms in total. The predicted molar refractivity (Wildman–Crippen MR) is 116 cm³/mol. The number of hydrogen-bond donors (Lipinski definition) is 1. The highest BCUT2D eigenvalue weighted by molar-refractivity contribution is 7.14.